The Hall–Kier alpha value is -3.48. The Labute approximate surface area is 154 Å². The number of likely N-dealkylation sites (tertiary alicyclic amines) is 1. The summed E-state index contributed by atoms with van der Waals surface area (Å²) >= 11 is 0. The molecule has 5 rings (SSSR count). The highest BCUT2D eigenvalue weighted by Gasteiger charge is 2.32. The molecule has 0 radical (unpaired) electrons. The van der Waals surface area contributed by atoms with Crippen LogP contribution in [0.2, 0.25) is 0 Å². The Kier molecular flexibility index (Phi) is 3.71. The molecule has 1 aliphatic heterocycles. The van der Waals surface area contributed by atoms with E-state index in [0.717, 1.165) is 29.8 Å². The molecule has 0 bridgehead atoms. The molecule has 0 spiro atoms. The molecular formula is C20H17N5O2. The molecule has 4 aromatic rings. The summed E-state index contributed by atoms with van der Waals surface area (Å²) in [5.74, 6) is 1.15. The third-order valence-corrected chi connectivity index (χ3v) is 4.85. The number of hydrogen-bond acceptors (Lipinski definition) is 5. The monoisotopic (exact) mass is 359 g/mol. The molecule has 0 saturated carbocycles. The third kappa shape index (κ3) is 2.77. The van der Waals surface area contributed by atoms with Gasteiger partial charge in [-0.1, -0.05) is 18.2 Å². The van der Waals surface area contributed by atoms with Crippen molar-refractivity contribution in [3.63, 3.8) is 0 Å². The first kappa shape index (κ1) is 15.7. The van der Waals surface area contributed by atoms with E-state index < -0.39 is 0 Å². The molecule has 1 fully saturated rings. The van der Waals surface area contributed by atoms with Gasteiger partial charge in [0.25, 0.3) is 0 Å². The van der Waals surface area contributed by atoms with Crippen molar-refractivity contribution in [2.75, 3.05) is 6.54 Å². The fourth-order valence-electron chi connectivity index (χ4n) is 3.59. The van der Waals surface area contributed by atoms with Gasteiger partial charge in [0.15, 0.2) is 17.1 Å². The third-order valence-electron chi connectivity index (χ3n) is 4.85. The molecule has 7 heteroatoms. The van der Waals surface area contributed by atoms with E-state index in [1.807, 2.05) is 58.0 Å². The van der Waals surface area contributed by atoms with Crippen LogP contribution in [0.5, 0.6) is 0 Å². The van der Waals surface area contributed by atoms with Crippen molar-refractivity contribution in [2.45, 2.75) is 18.9 Å². The predicted molar refractivity (Wildman–Crippen MR) is 99.7 cm³/mol. The first-order chi connectivity index (χ1) is 13.3. The van der Waals surface area contributed by atoms with Crippen molar-refractivity contribution in [3.05, 3.63) is 66.5 Å². The van der Waals surface area contributed by atoms with Gasteiger partial charge in [-0.25, -0.2) is 4.98 Å². The van der Waals surface area contributed by atoms with E-state index in [-0.39, 0.29) is 11.9 Å². The summed E-state index contributed by atoms with van der Waals surface area (Å²) in [6.07, 6.45) is 6.89. The molecule has 27 heavy (non-hydrogen) atoms. The molecule has 1 saturated heterocycles. The molecule has 1 unspecified atom stereocenters. The summed E-state index contributed by atoms with van der Waals surface area (Å²) in [6, 6.07) is 13.2. The second kappa shape index (κ2) is 6.35. The Morgan fingerprint density at radius 1 is 1.15 bits per heavy atom. The lowest BCUT2D eigenvalue weighted by Gasteiger charge is -2.21. The molecule has 3 aromatic heterocycles. The number of hydrogen-bond donors (Lipinski definition) is 0. The number of para-hydroxylation sites is 2. The first-order valence-electron chi connectivity index (χ1n) is 8.93. The second-order valence-electron chi connectivity index (χ2n) is 6.53. The van der Waals surface area contributed by atoms with Gasteiger partial charge in [0.05, 0.1) is 6.04 Å². The molecule has 1 atom stereocenters. The number of fused-ring (bicyclic) bond motifs is 2. The number of carbonyl (C=O) groups is 1. The number of amides is 1. The Morgan fingerprint density at radius 3 is 2.96 bits per heavy atom. The summed E-state index contributed by atoms with van der Waals surface area (Å²) in [6.45, 7) is 0.698. The Bertz CT molecular complexity index is 1130. The predicted octanol–water partition coefficient (Wildman–Crippen LogP) is 3.25. The van der Waals surface area contributed by atoms with Crippen molar-refractivity contribution in [1.29, 1.82) is 0 Å². The maximum atomic E-state index is 12.8. The smallest absolute Gasteiger partial charge is 0.247 e. The summed E-state index contributed by atoms with van der Waals surface area (Å²) in [5.41, 5.74) is 2.27. The van der Waals surface area contributed by atoms with Crippen LogP contribution >= 0.6 is 0 Å². The first-order valence-corrected chi connectivity index (χ1v) is 8.93. The highest BCUT2D eigenvalue weighted by molar-refractivity contribution is 5.92. The number of nitrogens with zero attached hydrogens (tertiary/aromatic N) is 5. The van der Waals surface area contributed by atoms with Crippen LogP contribution in [0.3, 0.4) is 0 Å². The van der Waals surface area contributed by atoms with E-state index in [2.05, 4.69) is 15.2 Å². The fraction of sp³-hybridized carbons (Fsp3) is 0.200. The van der Waals surface area contributed by atoms with Crippen LogP contribution in [0.25, 0.3) is 22.8 Å². The minimum Gasteiger partial charge on any atom is -0.437 e. The zero-order valence-electron chi connectivity index (χ0n) is 14.5. The normalized spacial score (nSPS) is 17.5. The van der Waals surface area contributed by atoms with Crippen LogP contribution in [0.4, 0.5) is 0 Å². The van der Waals surface area contributed by atoms with Crippen LogP contribution in [-0.2, 0) is 4.79 Å². The van der Waals surface area contributed by atoms with E-state index in [0.29, 0.717) is 18.0 Å². The van der Waals surface area contributed by atoms with Crippen LogP contribution in [0.1, 0.15) is 30.6 Å². The van der Waals surface area contributed by atoms with Gasteiger partial charge in [0, 0.05) is 24.9 Å². The SMILES string of the molecule is O=C(C=Cc1nc2ccccc2o1)N1CCCC1c1nnc2ccccn12. The fourth-order valence-corrected chi connectivity index (χ4v) is 3.59. The van der Waals surface area contributed by atoms with Crippen LogP contribution in [0, 0.1) is 0 Å². The molecule has 7 nitrogen and oxygen atoms in total. The van der Waals surface area contributed by atoms with E-state index in [1.54, 1.807) is 6.08 Å². The average molecular weight is 359 g/mol. The largest absolute Gasteiger partial charge is 0.437 e. The molecule has 134 valence electrons. The molecule has 0 N–H and O–H groups in total. The van der Waals surface area contributed by atoms with Gasteiger partial charge < -0.3 is 9.32 Å². The quantitative estimate of drug-likeness (QED) is 0.525. The molecule has 1 aromatic carbocycles. The standard InChI is InChI=1S/C20H17N5O2/c26-19(11-10-18-21-14-6-1-2-8-16(14)27-18)24-13-5-7-15(24)20-23-22-17-9-3-4-12-25(17)20/h1-4,6,8-12,15H,5,7,13H2. The van der Waals surface area contributed by atoms with Gasteiger partial charge in [0.2, 0.25) is 11.8 Å². The van der Waals surface area contributed by atoms with Gasteiger partial charge >= 0.3 is 0 Å². The molecule has 1 amide bonds. The van der Waals surface area contributed by atoms with Gasteiger partial charge in [-0.15, -0.1) is 10.2 Å². The number of benzene rings is 1. The molecule has 4 heterocycles. The zero-order chi connectivity index (χ0) is 18.2. The minimum absolute atomic E-state index is 0.0764. The minimum atomic E-state index is -0.0804. The van der Waals surface area contributed by atoms with Gasteiger partial charge in [-0.05, 0) is 37.1 Å². The van der Waals surface area contributed by atoms with Crippen LogP contribution in [-0.4, -0.2) is 36.9 Å². The lowest BCUT2D eigenvalue weighted by Crippen LogP contribution is -2.30. The van der Waals surface area contributed by atoms with Crippen LogP contribution in [0.15, 0.2) is 59.2 Å². The lowest BCUT2D eigenvalue weighted by atomic mass is 10.2. The maximum Gasteiger partial charge on any atom is 0.247 e. The lowest BCUT2D eigenvalue weighted by molar-refractivity contribution is -0.127. The van der Waals surface area contributed by atoms with Crippen LogP contribution < -0.4 is 0 Å². The van der Waals surface area contributed by atoms with Crippen molar-refractivity contribution < 1.29 is 9.21 Å². The average Bonchev–Trinajstić information content (AvgIpc) is 3.42. The van der Waals surface area contributed by atoms with E-state index >= 15 is 0 Å². The number of carbonyl (C=O) groups excluding carboxylic acids is 1. The number of oxazole rings is 1. The van der Waals surface area contributed by atoms with Crippen molar-refractivity contribution >= 4 is 28.7 Å². The molecular weight excluding hydrogens is 342 g/mol. The highest BCUT2D eigenvalue weighted by Crippen LogP contribution is 2.31. The number of pyridine rings is 1. The summed E-state index contributed by atoms with van der Waals surface area (Å²) in [7, 11) is 0. The Morgan fingerprint density at radius 2 is 2.04 bits per heavy atom. The van der Waals surface area contributed by atoms with Crippen molar-refractivity contribution in [2.24, 2.45) is 0 Å². The van der Waals surface area contributed by atoms with Gasteiger partial charge in [-0.3, -0.25) is 9.20 Å². The Balaban J connectivity index is 1.40. The summed E-state index contributed by atoms with van der Waals surface area (Å²) in [4.78, 5) is 19.0. The maximum absolute atomic E-state index is 12.8. The second-order valence-corrected chi connectivity index (χ2v) is 6.53. The summed E-state index contributed by atoms with van der Waals surface area (Å²) in [5, 5.41) is 8.53. The van der Waals surface area contributed by atoms with E-state index in [4.69, 9.17) is 4.42 Å². The van der Waals surface area contributed by atoms with Crippen molar-refractivity contribution in [3.8, 4) is 0 Å². The number of aromatic nitrogens is 4. The topological polar surface area (TPSA) is 76.5 Å². The molecule has 1 aliphatic rings. The van der Waals surface area contributed by atoms with E-state index in [9.17, 15) is 4.79 Å². The highest BCUT2D eigenvalue weighted by atomic mass is 16.3. The van der Waals surface area contributed by atoms with E-state index in [1.165, 1.54) is 6.08 Å². The van der Waals surface area contributed by atoms with Gasteiger partial charge in [0.1, 0.15) is 5.52 Å². The zero-order valence-corrected chi connectivity index (χ0v) is 14.5. The van der Waals surface area contributed by atoms with Gasteiger partial charge in [-0.2, -0.15) is 0 Å². The summed E-state index contributed by atoms with van der Waals surface area (Å²) < 4.78 is 7.59. The molecule has 0 aliphatic carbocycles. The number of rotatable bonds is 3. The van der Waals surface area contributed by atoms with Crippen molar-refractivity contribution in [1.82, 2.24) is 24.5 Å².